The molecule has 3 N–H and O–H groups in total. The predicted molar refractivity (Wildman–Crippen MR) is 403 cm³/mol. The molecule has 2 atom stereocenters. The van der Waals surface area contributed by atoms with Crippen molar-refractivity contribution in [3.63, 3.8) is 0 Å². The highest BCUT2D eigenvalue weighted by Gasteiger charge is 2.20. The lowest BCUT2D eigenvalue weighted by Gasteiger charge is -2.22. The molecule has 1 amide bonds. The number of carbonyl (C=O) groups is 2. The summed E-state index contributed by atoms with van der Waals surface area (Å²) in [5.41, 5.74) is 0. The first kappa shape index (κ1) is 89.3. The molecule has 0 saturated carbocycles. The minimum atomic E-state index is -0.663. The molecule has 6 heteroatoms. The van der Waals surface area contributed by atoms with Gasteiger partial charge in [0.1, 0.15) is 0 Å². The molecule has 0 saturated heterocycles. The highest BCUT2D eigenvalue weighted by Crippen LogP contribution is 2.21. The number of ether oxygens (including phenoxy) is 1. The van der Waals surface area contributed by atoms with Crippen LogP contribution in [0.2, 0.25) is 0 Å². The number of esters is 1. The summed E-state index contributed by atoms with van der Waals surface area (Å²) in [4.78, 5) is 24.6. The minimum absolute atomic E-state index is 0.0122. The molecule has 0 aliphatic heterocycles. The molecule has 6 nitrogen and oxygen atoms in total. The van der Waals surface area contributed by atoms with Crippen LogP contribution >= 0.6 is 0 Å². The average molecular weight is 1280 g/mol. The van der Waals surface area contributed by atoms with E-state index in [9.17, 15) is 19.8 Å². The predicted octanol–water partition coefficient (Wildman–Crippen LogP) is 28.0. The highest BCUT2D eigenvalue weighted by atomic mass is 16.5. The number of unbranched alkanes of at least 4 members (excludes halogenated alkanes) is 65. The number of hydrogen-bond acceptors (Lipinski definition) is 5. The van der Waals surface area contributed by atoms with Crippen molar-refractivity contribution in [2.45, 2.75) is 495 Å². The van der Waals surface area contributed by atoms with Crippen LogP contribution in [0.15, 0.2) is 24.3 Å². The number of rotatable bonds is 80. The number of aliphatic hydroxyl groups is 2. The molecule has 0 aromatic carbocycles. The summed E-state index contributed by atoms with van der Waals surface area (Å²) in [6.45, 7) is 4.98. The van der Waals surface area contributed by atoms with E-state index in [1.807, 2.05) is 0 Å². The van der Waals surface area contributed by atoms with E-state index < -0.39 is 12.1 Å². The topological polar surface area (TPSA) is 95.9 Å². The average Bonchev–Trinajstić information content (AvgIpc) is 3.58. The number of amides is 1. The molecule has 0 heterocycles. The third-order valence-electron chi connectivity index (χ3n) is 20.0. The summed E-state index contributed by atoms with van der Waals surface area (Å²) < 4.78 is 5.48. The van der Waals surface area contributed by atoms with Crippen LogP contribution in [0.25, 0.3) is 0 Å². The Morgan fingerprint density at radius 3 is 0.802 bits per heavy atom. The van der Waals surface area contributed by atoms with Crippen LogP contribution < -0.4 is 5.32 Å². The van der Waals surface area contributed by atoms with Gasteiger partial charge in [-0.15, -0.1) is 0 Å². The van der Waals surface area contributed by atoms with E-state index in [4.69, 9.17) is 4.74 Å². The third-order valence-corrected chi connectivity index (χ3v) is 20.0. The van der Waals surface area contributed by atoms with Crippen LogP contribution in [-0.2, 0) is 14.3 Å². The Kier molecular flexibility index (Phi) is 79.3. The Balaban J connectivity index is 3.34. The summed E-state index contributed by atoms with van der Waals surface area (Å²) in [5, 5.41) is 23.5. The van der Waals surface area contributed by atoms with Crippen molar-refractivity contribution in [2.24, 2.45) is 0 Å². The van der Waals surface area contributed by atoms with Gasteiger partial charge in [-0.1, -0.05) is 417 Å². The standard InChI is InChI=1S/C85H165NO5/c1-3-5-7-9-11-13-15-17-18-19-20-21-22-36-39-42-45-48-51-54-57-61-65-69-73-77-83(88)82(81-87)86-84(89)78-74-70-66-62-58-55-52-49-46-43-40-37-34-32-30-28-26-24-23-25-27-29-31-33-35-38-41-44-47-50-53-56-60-64-68-72-76-80-91-85(90)79-75-71-67-63-59-16-14-12-10-8-6-4-2/h12,14,23,25,82-83,87-88H,3-11,13,15-22,24,26-81H2,1-2H3,(H,86,89)/b14-12-,25-23-. The monoisotopic (exact) mass is 1280 g/mol. The Labute approximate surface area is 571 Å². The largest absolute Gasteiger partial charge is 0.466 e. The van der Waals surface area contributed by atoms with Crippen LogP contribution in [0.3, 0.4) is 0 Å². The Hall–Kier alpha value is -1.66. The zero-order valence-corrected chi connectivity index (χ0v) is 62.1. The van der Waals surface area contributed by atoms with Gasteiger partial charge in [0.15, 0.2) is 0 Å². The molecule has 0 bridgehead atoms. The Morgan fingerprint density at radius 2 is 0.516 bits per heavy atom. The first-order chi connectivity index (χ1) is 45.0. The van der Waals surface area contributed by atoms with Gasteiger partial charge < -0.3 is 20.3 Å². The van der Waals surface area contributed by atoms with Crippen molar-refractivity contribution < 1.29 is 24.5 Å². The molecule has 0 radical (unpaired) electrons. The molecule has 0 fully saturated rings. The second-order valence-electron chi connectivity index (χ2n) is 29.2. The van der Waals surface area contributed by atoms with Crippen molar-refractivity contribution >= 4 is 11.9 Å². The van der Waals surface area contributed by atoms with Crippen molar-refractivity contribution in [1.82, 2.24) is 5.32 Å². The number of nitrogens with one attached hydrogen (secondary N) is 1. The summed E-state index contributed by atoms with van der Waals surface area (Å²) in [6.07, 6.45) is 104. The Morgan fingerprint density at radius 1 is 0.297 bits per heavy atom. The van der Waals surface area contributed by atoms with Gasteiger partial charge in [-0.25, -0.2) is 0 Å². The van der Waals surface area contributed by atoms with E-state index >= 15 is 0 Å². The first-order valence-corrected chi connectivity index (χ1v) is 42.1. The normalized spacial score (nSPS) is 12.5. The molecule has 0 rings (SSSR count). The van der Waals surface area contributed by atoms with Gasteiger partial charge >= 0.3 is 5.97 Å². The molecule has 0 aliphatic rings. The Bertz CT molecular complexity index is 1430. The SMILES string of the molecule is CCCCC/C=C\CCCCCCCC(=O)OCCCCCCCCCCCCCCCCCC/C=C\CCCCCCCCCCCCCCCCCCCC(=O)NC(CO)C(O)CCCCCCCCCCCCCCCCCCCCCCCCCCC. The van der Waals surface area contributed by atoms with Gasteiger partial charge in [0.05, 0.1) is 25.4 Å². The smallest absolute Gasteiger partial charge is 0.305 e. The number of carbonyl (C=O) groups excluding carboxylic acids is 2. The molecule has 0 aliphatic carbocycles. The molecule has 540 valence electrons. The van der Waals surface area contributed by atoms with E-state index in [1.54, 1.807) is 0 Å². The fourth-order valence-corrected chi connectivity index (χ4v) is 13.6. The van der Waals surface area contributed by atoms with Crippen molar-refractivity contribution in [1.29, 1.82) is 0 Å². The van der Waals surface area contributed by atoms with Gasteiger partial charge in [0.25, 0.3) is 0 Å². The van der Waals surface area contributed by atoms with Crippen LogP contribution in [0, 0.1) is 0 Å². The third kappa shape index (κ3) is 77.2. The summed E-state index contributed by atoms with van der Waals surface area (Å²) >= 11 is 0. The minimum Gasteiger partial charge on any atom is -0.466 e. The van der Waals surface area contributed by atoms with Crippen LogP contribution in [0.1, 0.15) is 483 Å². The highest BCUT2D eigenvalue weighted by molar-refractivity contribution is 5.76. The van der Waals surface area contributed by atoms with E-state index in [1.165, 1.54) is 405 Å². The summed E-state index contributed by atoms with van der Waals surface area (Å²) in [5.74, 6) is -0.0124. The second kappa shape index (κ2) is 80.8. The quantitative estimate of drug-likeness (QED) is 0.0320. The maximum atomic E-state index is 12.6. The number of allylic oxidation sites excluding steroid dienone is 4. The van der Waals surface area contributed by atoms with Gasteiger partial charge in [0, 0.05) is 12.8 Å². The molecule has 0 spiro atoms. The molecule has 0 aromatic rings. The van der Waals surface area contributed by atoms with Gasteiger partial charge in [-0.2, -0.15) is 0 Å². The van der Waals surface area contributed by atoms with Crippen LogP contribution in [0.5, 0.6) is 0 Å². The van der Waals surface area contributed by atoms with Crippen molar-refractivity contribution in [3.8, 4) is 0 Å². The maximum absolute atomic E-state index is 12.6. The van der Waals surface area contributed by atoms with Gasteiger partial charge in [-0.3, -0.25) is 9.59 Å². The zero-order valence-electron chi connectivity index (χ0n) is 62.1. The van der Waals surface area contributed by atoms with E-state index in [2.05, 4.69) is 43.5 Å². The first-order valence-electron chi connectivity index (χ1n) is 42.1. The fourth-order valence-electron chi connectivity index (χ4n) is 13.6. The maximum Gasteiger partial charge on any atom is 0.305 e. The van der Waals surface area contributed by atoms with E-state index in [-0.39, 0.29) is 18.5 Å². The zero-order chi connectivity index (χ0) is 65.6. The van der Waals surface area contributed by atoms with Crippen LogP contribution in [-0.4, -0.2) is 47.4 Å². The van der Waals surface area contributed by atoms with Gasteiger partial charge in [-0.05, 0) is 77.0 Å². The van der Waals surface area contributed by atoms with Crippen molar-refractivity contribution in [2.75, 3.05) is 13.2 Å². The summed E-state index contributed by atoms with van der Waals surface area (Å²) in [7, 11) is 0. The molecular formula is C85H165NO5. The van der Waals surface area contributed by atoms with E-state index in [0.29, 0.717) is 25.9 Å². The second-order valence-corrected chi connectivity index (χ2v) is 29.2. The lowest BCUT2D eigenvalue weighted by molar-refractivity contribution is -0.143. The summed E-state index contributed by atoms with van der Waals surface area (Å²) in [6, 6.07) is -0.540. The molecule has 91 heavy (non-hydrogen) atoms. The van der Waals surface area contributed by atoms with Gasteiger partial charge in [0.2, 0.25) is 5.91 Å². The van der Waals surface area contributed by atoms with Crippen LogP contribution in [0.4, 0.5) is 0 Å². The molecule has 0 aromatic heterocycles. The fraction of sp³-hybridized carbons (Fsp3) is 0.929. The molecular weight excluding hydrogens is 1110 g/mol. The lowest BCUT2D eigenvalue weighted by atomic mass is 10.0. The lowest BCUT2D eigenvalue weighted by Crippen LogP contribution is -2.45. The number of aliphatic hydroxyl groups excluding tert-OH is 2. The number of hydrogen-bond donors (Lipinski definition) is 3. The molecule has 2 unspecified atom stereocenters. The van der Waals surface area contributed by atoms with Crippen molar-refractivity contribution in [3.05, 3.63) is 24.3 Å². The van der Waals surface area contributed by atoms with E-state index in [0.717, 1.165) is 44.9 Å².